The molecule has 4 aromatic rings. The standard InChI is InChI=1S/C21H18N2O/c1-15-6-5-9-17(12-15)21-22-19-11-10-18(24)13-20(19)23(21)14-16-7-3-2-4-8-16/h2-13,24H,14H2,1H3. The van der Waals surface area contributed by atoms with E-state index >= 15 is 0 Å². The van der Waals surface area contributed by atoms with E-state index in [9.17, 15) is 5.11 Å². The van der Waals surface area contributed by atoms with Gasteiger partial charge in [-0.1, -0.05) is 54.1 Å². The van der Waals surface area contributed by atoms with Gasteiger partial charge in [0.2, 0.25) is 0 Å². The van der Waals surface area contributed by atoms with Crippen LogP contribution in [0.25, 0.3) is 22.4 Å². The van der Waals surface area contributed by atoms with E-state index in [4.69, 9.17) is 4.98 Å². The smallest absolute Gasteiger partial charge is 0.141 e. The van der Waals surface area contributed by atoms with Gasteiger partial charge >= 0.3 is 0 Å². The van der Waals surface area contributed by atoms with Crippen LogP contribution >= 0.6 is 0 Å². The van der Waals surface area contributed by atoms with Crippen LogP contribution in [0, 0.1) is 6.92 Å². The van der Waals surface area contributed by atoms with Crippen molar-refractivity contribution in [2.45, 2.75) is 13.5 Å². The summed E-state index contributed by atoms with van der Waals surface area (Å²) in [7, 11) is 0. The number of aryl methyl sites for hydroxylation is 1. The number of fused-ring (bicyclic) bond motifs is 1. The number of rotatable bonds is 3. The molecule has 4 rings (SSSR count). The number of nitrogens with zero attached hydrogens (tertiary/aromatic N) is 2. The van der Waals surface area contributed by atoms with E-state index in [0.717, 1.165) is 22.4 Å². The predicted octanol–water partition coefficient (Wildman–Crippen LogP) is 4.77. The average Bonchev–Trinajstić information content (AvgIpc) is 2.94. The molecular formula is C21H18N2O. The highest BCUT2D eigenvalue weighted by Gasteiger charge is 2.13. The first-order chi connectivity index (χ1) is 11.7. The molecule has 0 spiro atoms. The Balaban J connectivity index is 1.93. The SMILES string of the molecule is Cc1cccc(-c2nc3ccc(O)cc3n2Cc2ccccc2)c1. The Kier molecular flexibility index (Phi) is 3.54. The first-order valence-electron chi connectivity index (χ1n) is 8.01. The highest BCUT2D eigenvalue weighted by Crippen LogP contribution is 2.28. The highest BCUT2D eigenvalue weighted by atomic mass is 16.3. The van der Waals surface area contributed by atoms with Crippen LogP contribution < -0.4 is 0 Å². The lowest BCUT2D eigenvalue weighted by molar-refractivity contribution is 0.476. The molecule has 0 atom stereocenters. The van der Waals surface area contributed by atoms with Gasteiger partial charge in [0.25, 0.3) is 0 Å². The number of phenolic OH excluding ortho intramolecular Hbond substituents is 1. The van der Waals surface area contributed by atoms with E-state index in [2.05, 4.69) is 41.8 Å². The van der Waals surface area contributed by atoms with Gasteiger partial charge in [-0.25, -0.2) is 4.98 Å². The van der Waals surface area contributed by atoms with Gasteiger partial charge in [0.15, 0.2) is 0 Å². The van der Waals surface area contributed by atoms with Crippen molar-refractivity contribution in [2.75, 3.05) is 0 Å². The molecule has 0 amide bonds. The molecule has 0 bridgehead atoms. The second kappa shape index (κ2) is 5.85. The number of aromatic nitrogens is 2. The lowest BCUT2D eigenvalue weighted by Crippen LogP contribution is -2.02. The van der Waals surface area contributed by atoms with Crippen LogP contribution in [0.2, 0.25) is 0 Å². The number of aromatic hydroxyl groups is 1. The lowest BCUT2D eigenvalue weighted by atomic mass is 10.1. The van der Waals surface area contributed by atoms with Gasteiger partial charge in [0, 0.05) is 18.2 Å². The molecule has 0 fully saturated rings. The molecule has 24 heavy (non-hydrogen) atoms. The van der Waals surface area contributed by atoms with E-state index in [1.807, 2.05) is 30.3 Å². The van der Waals surface area contributed by atoms with Crippen molar-refractivity contribution in [3.05, 3.63) is 83.9 Å². The largest absolute Gasteiger partial charge is 0.508 e. The maximum absolute atomic E-state index is 9.90. The fraction of sp³-hybridized carbons (Fsp3) is 0.0952. The lowest BCUT2D eigenvalue weighted by Gasteiger charge is -2.10. The highest BCUT2D eigenvalue weighted by molar-refractivity contribution is 5.82. The van der Waals surface area contributed by atoms with Gasteiger partial charge < -0.3 is 9.67 Å². The van der Waals surface area contributed by atoms with E-state index in [1.165, 1.54) is 11.1 Å². The van der Waals surface area contributed by atoms with Crippen molar-refractivity contribution in [1.82, 2.24) is 9.55 Å². The van der Waals surface area contributed by atoms with E-state index < -0.39 is 0 Å². The molecule has 0 radical (unpaired) electrons. The van der Waals surface area contributed by atoms with Crippen LogP contribution in [-0.4, -0.2) is 14.7 Å². The first kappa shape index (κ1) is 14.5. The third-order valence-corrected chi connectivity index (χ3v) is 4.19. The third-order valence-electron chi connectivity index (χ3n) is 4.19. The Morgan fingerprint density at radius 1 is 0.917 bits per heavy atom. The summed E-state index contributed by atoms with van der Waals surface area (Å²) >= 11 is 0. The van der Waals surface area contributed by atoms with Gasteiger partial charge in [-0.3, -0.25) is 0 Å². The van der Waals surface area contributed by atoms with Crippen molar-refractivity contribution in [3.8, 4) is 17.1 Å². The zero-order valence-electron chi connectivity index (χ0n) is 13.5. The maximum Gasteiger partial charge on any atom is 0.141 e. The fourth-order valence-corrected chi connectivity index (χ4v) is 3.04. The number of hydrogen-bond acceptors (Lipinski definition) is 2. The summed E-state index contributed by atoms with van der Waals surface area (Å²) in [5.41, 5.74) is 5.32. The molecule has 1 heterocycles. The zero-order chi connectivity index (χ0) is 16.5. The number of benzene rings is 3. The minimum absolute atomic E-state index is 0.257. The summed E-state index contributed by atoms with van der Waals surface area (Å²) in [6.45, 7) is 2.80. The molecule has 0 saturated carbocycles. The topological polar surface area (TPSA) is 38.1 Å². The molecular weight excluding hydrogens is 296 g/mol. The fourth-order valence-electron chi connectivity index (χ4n) is 3.04. The van der Waals surface area contributed by atoms with Crippen molar-refractivity contribution in [3.63, 3.8) is 0 Å². The summed E-state index contributed by atoms with van der Waals surface area (Å²) in [5.74, 6) is 1.18. The normalized spacial score (nSPS) is 11.0. The molecule has 3 nitrogen and oxygen atoms in total. The maximum atomic E-state index is 9.90. The van der Waals surface area contributed by atoms with Gasteiger partial charge in [-0.15, -0.1) is 0 Å². The molecule has 0 saturated heterocycles. The molecule has 0 aliphatic heterocycles. The molecule has 118 valence electrons. The van der Waals surface area contributed by atoms with Gasteiger partial charge in [-0.2, -0.15) is 0 Å². The molecule has 1 aromatic heterocycles. The Hall–Kier alpha value is -3.07. The molecule has 0 unspecified atom stereocenters. The summed E-state index contributed by atoms with van der Waals surface area (Å²) < 4.78 is 2.17. The van der Waals surface area contributed by atoms with Crippen molar-refractivity contribution in [1.29, 1.82) is 0 Å². The van der Waals surface area contributed by atoms with Crippen LogP contribution in [-0.2, 0) is 6.54 Å². The molecule has 3 heteroatoms. The summed E-state index contributed by atoms with van der Waals surface area (Å²) in [5, 5.41) is 9.90. The monoisotopic (exact) mass is 314 g/mol. The van der Waals surface area contributed by atoms with Gasteiger partial charge in [0.05, 0.1) is 11.0 Å². The van der Waals surface area contributed by atoms with Gasteiger partial charge in [0.1, 0.15) is 11.6 Å². The van der Waals surface area contributed by atoms with Crippen molar-refractivity contribution >= 4 is 11.0 Å². The minimum atomic E-state index is 0.257. The Morgan fingerprint density at radius 3 is 2.54 bits per heavy atom. The number of imidazole rings is 1. The Bertz CT molecular complexity index is 1000. The molecule has 3 aromatic carbocycles. The molecule has 1 N–H and O–H groups in total. The summed E-state index contributed by atoms with van der Waals surface area (Å²) in [6, 6.07) is 24.0. The second-order valence-corrected chi connectivity index (χ2v) is 6.05. The summed E-state index contributed by atoms with van der Waals surface area (Å²) in [6.07, 6.45) is 0. The van der Waals surface area contributed by atoms with E-state index in [1.54, 1.807) is 12.1 Å². The summed E-state index contributed by atoms with van der Waals surface area (Å²) in [4.78, 5) is 4.81. The number of phenols is 1. The predicted molar refractivity (Wildman–Crippen MR) is 97.1 cm³/mol. The Labute approximate surface area is 140 Å². The third kappa shape index (κ3) is 2.65. The van der Waals surface area contributed by atoms with Crippen molar-refractivity contribution in [2.24, 2.45) is 0 Å². The van der Waals surface area contributed by atoms with E-state index in [0.29, 0.717) is 6.54 Å². The molecule has 0 aliphatic carbocycles. The second-order valence-electron chi connectivity index (χ2n) is 6.05. The first-order valence-corrected chi connectivity index (χ1v) is 8.01. The van der Waals surface area contributed by atoms with Gasteiger partial charge in [-0.05, 0) is 30.7 Å². The molecule has 0 aliphatic rings. The zero-order valence-corrected chi connectivity index (χ0v) is 13.5. The van der Waals surface area contributed by atoms with Crippen molar-refractivity contribution < 1.29 is 5.11 Å². The van der Waals surface area contributed by atoms with Crippen LogP contribution in [0.3, 0.4) is 0 Å². The average molecular weight is 314 g/mol. The number of hydrogen-bond donors (Lipinski definition) is 1. The minimum Gasteiger partial charge on any atom is -0.508 e. The van der Waals surface area contributed by atoms with E-state index in [-0.39, 0.29) is 5.75 Å². The quantitative estimate of drug-likeness (QED) is 0.592. The van der Waals surface area contributed by atoms with Crippen LogP contribution in [0.5, 0.6) is 5.75 Å². The van der Waals surface area contributed by atoms with Crippen LogP contribution in [0.1, 0.15) is 11.1 Å². The van der Waals surface area contributed by atoms with Crippen LogP contribution in [0.4, 0.5) is 0 Å². The van der Waals surface area contributed by atoms with Crippen LogP contribution in [0.15, 0.2) is 72.8 Å². The Morgan fingerprint density at radius 2 is 1.75 bits per heavy atom.